The van der Waals surface area contributed by atoms with E-state index >= 15 is 0 Å². The maximum Gasteiger partial charge on any atom is 0.293 e. The highest BCUT2D eigenvalue weighted by Gasteiger charge is 2.21. The van der Waals surface area contributed by atoms with E-state index in [0.717, 1.165) is 42.5 Å². The molecule has 0 bridgehead atoms. The monoisotopic (exact) mass is 336 g/mol. The SMILES string of the molecule is CC.O=c1c2ncccc2c(-c2ccccn2)nn1C1CCCCC1. The Bertz CT molecular complexity index is 883. The maximum atomic E-state index is 12.8. The Morgan fingerprint density at radius 3 is 2.44 bits per heavy atom. The predicted molar refractivity (Wildman–Crippen MR) is 100 cm³/mol. The van der Waals surface area contributed by atoms with Gasteiger partial charge in [-0.2, -0.15) is 5.10 Å². The Morgan fingerprint density at radius 2 is 1.72 bits per heavy atom. The third-order valence-corrected chi connectivity index (χ3v) is 4.51. The highest BCUT2D eigenvalue weighted by molar-refractivity contribution is 5.90. The van der Waals surface area contributed by atoms with Crippen LogP contribution in [0.25, 0.3) is 22.3 Å². The minimum atomic E-state index is -0.0906. The van der Waals surface area contributed by atoms with Crippen molar-refractivity contribution in [3.8, 4) is 11.4 Å². The fourth-order valence-corrected chi connectivity index (χ4v) is 3.35. The molecular weight excluding hydrogens is 312 g/mol. The molecule has 0 atom stereocenters. The molecule has 0 unspecified atom stereocenters. The maximum absolute atomic E-state index is 12.8. The second kappa shape index (κ2) is 8.01. The van der Waals surface area contributed by atoms with Crippen LogP contribution in [0.1, 0.15) is 52.0 Å². The predicted octanol–water partition coefficient (Wildman–Crippen LogP) is 4.38. The molecule has 0 aliphatic heterocycles. The standard InChI is InChI=1S/C18H18N4O.C2H6/c23-18-17-14(9-6-12-20-17)16(15-10-4-5-11-19-15)21-22(18)13-7-2-1-3-8-13;1-2/h4-6,9-13H,1-3,7-8H2;1-2H3. The van der Waals surface area contributed by atoms with E-state index in [2.05, 4.69) is 9.97 Å². The van der Waals surface area contributed by atoms with E-state index in [0.29, 0.717) is 5.52 Å². The third kappa shape index (κ3) is 3.45. The molecule has 1 fully saturated rings. The minimum Gasteiger partial charge on any atom is -0.265 e. The number of pyridine rings is 2. The van der Waals surface area contributed by atoms with Crippen molar-refractivity contribution in [1.82, 2.24) is 19.7 Å². The molecule has 3 aromatic rings. The van der Waals surface area contributed by atoms with Gasteiger partial charge < -0.3 is 0 Å². The van der Waals surface area contributed by atoms with Crippen LogP contribution >= 0.6 is 0 Å². The molecule has 1 aliphatic rings. The van der Waals surface area contributed by atoms with Crippen LogP contribution in [0.3, 0.4) is 0 Å². The Kier molecular flexibility index (Phi) is 5.53. The molecule has 3 aromatic heterocycles. The van der Waals surface area contributed by atoms with Crippen molar-refractivity contribution in [3.05, 3.63) is 53.1 Å². The molecule has 1 saturated carbocycles. The Balaban J connectivity index is 0.000000880. The van der Waals surface area contributed by atoms with Crippen molar-refractivity contribution in [1.29, 1.82) is 0 Å². The summed E-state index contributed by atoms with van der Waals surface area (Å²) in [5, 5.41) is 5.46. The highest BCUT2D eigenvalue weighted by atomic mass is 16.1. The lowest BCUT2D eigenvalue weighted by Gasteiger charge is -2.23. The lowest BCUT2D eigenvalue weighted by Crippen LogP contribution is -2.30. The average molecular weight is 336 g/mol. The minimum absolute atomic E-state index is 0.0906. The molecule has 0 aromatic carbocycles. The van der Waals surface area contributed by atoms with Crippen molar-refractivity contribution in [3.63, 3.8) is 0 Å². The van der Waals surface area contributed by atoms with Crippen LogP contribution in [0.4, 0.5) is 0 Å². The third-order valence-electron chi connectivity index (χ3n) is 4.51. The molecule has 0 saturated heterocycles. The van der Waals surface area contributed by atoms with Gasteiger partial charge in [-0.1, -0.05) is 39.2 Å². The lowest BCUT2D eigenvalue weighted by atomic mass is 9.95. The Morgan fingerprint density at radius 1 is 0.960 bits per heavy atom. The van der Waals surface area contributed by atoms with Crippen LogP contribution in [-0.2, 0) is 0 Å². The molecule has 0 amide bonds. The van der Waals surface area contributed by atoms with E-state index in [9.17, 15) is 4.79 Å². The Labute approximate surface area is 147 Å². The molecule has 5 nitrogen and oxygen atoms in total. The molecular formula is C20H24N4O. The van der Waals surface area contributed by atoms with Crippen molar-refractivity contribution < 1.29 is 0 Å². The van der Waals surface area contributed by atoms with E-state index in [1.54, 1.807) is 17.1 Å². The van der Waals surface area contributed by atoms with Crippen LogP contribution in [0.5, 0.6) is 0 Å². The van der Waals surface area contributed by atoms with Gasteiger partial charge in [-0.25, -0.2) is 4.68 Å². The summed E-state index contributed by atoms with van der Waals surface area (Å²) in [6, 6.07) is 9.63. The molecule has 25 heavy (non-hydrogen) atoms. The molecule has 5 heteroatoms. The van der Waals surface area contributed by atoms with Crippen LogP contribution in [0.2, 0.25) is 0 Å². The van der Waals surface area contributed by atoms with Crippen molar-refractivity contribution >= 4 is 10.9 Å². The van der Waals surface area contributed by atoms with Gasteiger partial charge in [0.05, 0.1) is 11.7 Å². The number of hydrogen-bond donors (Lipinski definition) is 0. The largest absolute Gasteiger partial charge is 0.293 e. The Hall–Kier alpha value is -2.56. The van der Waals surface area contributed by atoms with Gasteiger partial charge in [-0.15, -0.1) is 0 Å². The smallest absolute Gasteiger partial charge is 0.265 e. The van der Waals surface area contributed by atoms with E-state index < -0.39 is 0 Å². The molecule has 130 valence electrons. The zero-order valence-corrected chi connectivity index (χ0v) is 14.9. The highest BCUT2D eigenvalue weighted by Crippen LogP contribution is 2.28. The van der Waals surface area contributed by atoms with E-state index in [4.69, 9.17) is 5.10 Å². The summed E-state index contributed by atoms with van der Waals surface area (Å²) in [5.41, 5.74) is 1.90. The number of fused-ring (bicyclic) bond motifs is 1. The van der Waals surface area contributed by atoms with E-state index in [1.807, 2.05) is 44.2 Å². The topological polar surface area (TPSA) is 60.7 Å². The summed E-state index contributed by atoms with van der Waals surface area (Å²) < 4.78 is 1.65. The first-order valence-corrected chi connectivity index (χ1v) is 9.13. The number of aromatic nitrogens is 4. The number of nitrogens with zero attached hydrogens (tertiary/aromatic N) is 4. The van der Waals surface area contributed by atoms with Crippen LogP contribution in [0.15, 0.2) is 47.5 Å². The zero-order valence-electron chi connectivity index (χ0n) is 14.9. The fourth-order valence-electron chi connectivity index (χ4n) is 3.35. The summed E-state index contributed by atoms with van der Waals surface area (Å²) in [6.07, 6.45) is 8.96. The van der Waals surface area contributed by atoms with E-state index in [1.165, 1.54) is 6.42 Å². The summed E-state index contributed by atoms with van der Waals surface area (Å²) in [4.78, 5) is 21.6. The van der Waals surface area contributed by atoms with Crippen molar-refractivity contribution in [2.75, 3.05) is 0 Å². The normalized spacial score (nSPS) is 14.8. The van der Waals surface area contributed by atoms with Crippen molar-refractivity contribution in [2.45, 2.75) is 52.0 Å². The second-order valence-corrected chi connectivity index (χ2v) is 6.00. The van der Waals surface area contributed by atoms with Gasteiger partial charge in [-0.3, -0.25) is 14.8 Å². The summed E-state index contributed by atoms with van der Waals surface area (Å²) >= 11 is 0. The molecule has 3 heterocycles. The molecule has 4 rings (SSSR count). The molecule has 1 aliphatic carbocycles. The van der Waals surface area contributed by atoms with Gasteiger partial charge in [0, 0.05) is 17.8 Å². The summed E-state index contributed by atoms with van der Waals surface area (Å²) in [6.45, 7) is 4.00. The lowest BCUT2D eigenvalue weighted by molar-refractivity contribution is 0.320. The zero-order chi connectivity index (χ0) is 17.6. The van der Waals surface area contributed by atoms with Gasteiger partial charge in [0.2, 0.25) is 0 Å². The molecule has 0 radical (unpaired) electrons. The first-order valence-electron chi connectivity index (χ1n) is 9.13. The molecule has 0 N–H and O–H groups in total. The van der Waals surface area contributed by atoms with Crippen LogP contribution < -0.4 is 5.56 Å². The van der Waals surface area contributed by atoms with Crippen LogP contribution in [0, 0.1) is 0 Å². The first-order chi connectivity index (χ1) is 12.3. The quantitative estimate of drug-likeness (QED) is 0.696. The second-order valence-electron chi connectivity index (χ2n) is 6.00. The van der Waals surface area contributed by atoms with Gasteiger partial charge in [0.25, 0.3) is 5.56 Å². The number of rotatable bonds is 2. The average Bonchev–Trinajstić information content (AvgIpc) is 2.71. The summed E-state index contributed by atoms with van der Waals surface area (Å²) in [7, 11) is 0. The van der Waals surface area contributed by atoms with Crippen LogP contribution in [-0.4, -0.2) is 19.7 Å². The van der Waals surface area contributed by atoms with Gasteiger partial charge >= 0.3 is 0 Å². The van der Waals surface area contributed by atoms with Crippen molar-refractivity contribution in [2.24, 2.45) is 0 Å². The van der Waals surface area contributed by atoms with Gasteiger partial charge in [0.15, 0.2) is 0 Å². The van der Waals surface area contributed by atoms with E-state index in [-0.39, 0.29) is 11.6 Å². The fraction of sp³-hybridized carbons (Fsp3) is 0.400. The number of hydrogen-bond acceptors (Lipinski definition) is 4. The first kappa shape index (κ1) is 17.3. The molecule has 0 spiro atoms. The summed E-state index contributed by atoms with van der Waals surface area (Å²) in [5.74, 6) is 0. The van der Waals surface area contributed by atoms with Gasteiger partial charge in [-0.05, 0) is 37.1 Å². The van der Waals surface area contributed by atoms with Gasteiger partial charge in [0.1, 0.15) is 11.2 Å².